The molecule has 1 aromatic carbocycles. The van der Waals surface area contributed by atoms with Gasteiger partial charge in [0.2, 0.25) is 15.9 Å². The SMILES string of the molecule is Cc1cccc(N(CC(=O)N2CC[C@@](C)(O)[C@@H](O)C2)S(C)(=O)=O)c1. The van der Waals surface area contributed by atoms with Gasteiger partial charge in [-0.25, -0.2) is 8.42 Å². The largest absolute Gasteiger partial charge is 0.388 e. The number of hydrogen-bond acceptors (Lipinski definition) is 5. The van der Waals surface area contributed by atoms with Crippen LogP contribution in [0.5, 0.6) is 0 Å². The smallest absolute Gasteiger partial charge is 0.243 e. The Hall–Kier alpha value is -1.64. The van der Waals surface area contributed by atoms with Gasteiger partial charge in [0.05, 0.1) is 23.6 Å². The Labute approximate surface area is 142 Å². The van der Waals surface area contributed by atoms with Crippen LogP contribution in [0.1, 0.15) is 18.9 Å². The van der Waals surface area contributed by atoms with Gasteiger partial charge in [0.15, 0.2) is 0 Å². The first kappa shape index (κ1) is 18.7. The van der Waals surface area contributed by atoms with E-state index in [4.69, 9.17) is 0 Å². The van der Waals surface area contributed by atoms with Crippen LogP contribution in [-0.2, 0) is 14.8 Å². The van der Waals surface area contributed by atoms with Crippen LogP contribution in [0.2, 0.25) is 0 Å². The van der Waals surface area contributed by atoms with E-state index in [0.29, 0.717) is 5.69 Å². The van der Waals surface area contributed by atoms with Crippen LogP contribution in [0.3, 0.4) is 0 Å². The second kappa shape index (κ2) is 6.70. The Kier molecular flexibility index (Phi) is 5.22. The van der Waals surface area contributed by atoms with Gasteiger partial charge in [0, 0.05) is 13.1 Å². The number of amides is 1. The van der Waals surface area contributed by atoms with Crippen molar-refractivity contribution in [3.05, 3.63) is 29.8 Å². The van der Waals surface area contributed by atoms with Crippen molar-refractivity contribution < 1.29 is 23.4 Å². The lowest BCUT2D eigenvalue weighted by Gasteiger charge is -2.40. The van der Waals surface area contributed by atoms with Gasteiger partial charge in [0.25, 0.3) is 0 Å². The summed E-state index contributed by atoms with van der Waals surface area (Å²) in [5.41, 5.74) is 0.0811. The van der Waals surface area contributed by atoms with Crippen LogP contribution in [0, 0.1) is 6.92 Å². The zero-order valence-electron chi connectivity index (χ0n) is 14.1. The Morgan fingerprint density at radius 1 is 1.46 bits per heavy atom. The van der Waals surface area contributed by atoms with E-state index >= 15 is 0 Å². The number of β-amino-alcohol motifs (C(OH)–C–C–N with tert-alkyl or cyclic N) is 1. The highest BCUT2D eigenvalue weighted by Gasteiger charge is 2.38. The molecule has 1 aliphatic heterocycles. The van der Waals surface area contributed by atoms with Crippen molar-refractivity contribution in [2.45, 2.75) is 32.0 Å². The fourth-order valence-electron chi connectivity index (χ4n) is 2.66. The first-order valence-electron chi connectivity index (χ1n) is 7.73. The highest BCUT2D eigenvalue weighted by atomic mass is 32.2. The molecule has 1 aromatic rings. The molecule has 134 valence electrons. The zero-order valence-corrected chi connectivity index (χ0v) is 15.0. The van der Waals surface area contributed by atoms with E-state index in [1.165, 1.54) is 11.8 Å². The van der Waals surface area contributed by atoms with Gasteiger partial charge in [-0.05, 0) is 38.0 Å². The number of aliphatic hydroxyl groups is 2. The number of carbonyl (C=O) groups is 1. The molecule has 1 fully saturated rings. The Morgan fingerprint density at radius 2 is 2.12 bits per heavy atom. The Bertz CT molecular complexity index is 717. The molecule has 2 atom stereocenters. The molecule has 7 nitrogen and oxygen atoms in total. The Balaban J connectivity index is 2.18. The van der Waals surface area contributed by atoms with Crippen molar-refractivity contribution in [2.75, 3.05) is 30.2 Å². The second-order valence-electron chi connectivity index (χ2n) is 6.57. The number of likely N-dealkylation sites (tertiary alicyclic amines) is 1. The summed E-state index contributed by atoms with van der Waals surface area (Å²) in [5.74, 6) is -0.406. The normalized spacial score (nSPS) is 24.7. The van der Waals surface area contributed by atoms with Gasteiger partial charge < -0.3 is 15.1 Å². The number of benzene rings is 1. The maximum absolute atomic E-state index is 12.5. The first-order chi connectivity index (χ1) is 11.0. The molecule has 0 bridgehead atoms. The van der Waals surface area contributed by atoms with Crippen molar-refractivity contribution in [2.24, 2.45) is 0 Å². The third-order valence-corrected chi connectivity index (χ3v) is 5.46. The van der Waals surface area contributed by atoms with E-state index in [1.54, 1.807) is 18.2 Å². The average Bonchev–Trinajstić information content (AvgIpc) is 2.46. The molecule has 1 heterocycles. The number of rotatable bonds is 4. The summed E-state index contributed by atoms with van der Waals surface area (Å²) >= 11 is 0. The molecular formula is C16H24N2O5S. The van der Waals surface area contributed by atoms with Crippen molar-refractivity contribution in [3.63, 3.8) is 0 Å². The molecule has 1 saturated heterocycles. The number of piperidine rings is 1. The van der Waals surface area contributed by atoms with E-state index < -0.39 is 27.6 Å². The summed E-state index contributed by atoms with van der Waals surface area (Å²) in [5, 5.41) is 19.9. The highest BCUT2D eigenvalue weighted by molar-refractivity contribution is 7.92. The number of sulfonamides is 1. The number of carbonyl (C=O) groups excluding carboxylic acids is 1. The van der Waals surface area contributed by atoms with Gasteiger partial charge in [0.1, 0.15) is 6.54 Å². The summed E-state index contributed by atoms with van der Waals surface area (Å²) in [6, 6.07) is 6.91. The fourth-order valence-corrected chi connectivity index (χ4v) is 3.50. The standard InChI is InChI=1S/C16H24N2O5S/c1-12-5-4-6-13(9-12)18(24(3,22)23)11-15(20)17-8-7-16(2,21)14(19)10-17/h4-6,9,14,19,21H,7-8,10-11H2,1-3H3/t14-,16+/m0/s1. The third kappa shape index (κ3) is 4.25. The predicted molar refractivity (Wildman–Crippen MR) is 91.2 cm³/mol. The lowest BCUT2D eigenvalue weighted by molar-refractivity contribution is -0.144. The number of aryl methyl sites for hydroxylation is 1. The van der Waals surface area contributed by atoms with Crippen LogP contribution in [0.15, 0.2) is 24.3 Å². The molecule has 0 radical (unpaired) electrons. The van der Waals surface area contributed by atoms with E-state index in [9.17, 15) is 23.4 Å². The monoisotopic (exact) mass is 356 g/mol. The van der Waals surface area contributed by atoms with Gasteiger partial charge in [-0.3, -0.25) is 9.10 Å². The number of anilines is 1. The lowest BCUT2D eigenvalue weighted by atomic mass is 9.91. The minimum absolute atomic E-state index is 0.0166. The number of nitrogens with zero attached hydrogens (tertiary/aromatic N) is 2. The van der Waals surface area contributed by atoms with E-state index in [1.807, 2.05) is 13.0 Å². The average molecular weight is 356 g/mol. The van der Waals surface area contributed by atoms with Crippen molar-refractivity contribution >= 4 is 21.6 Å². The second-order valence-corrected chi connectivity index (χ2v) is 8.48. The fraction of sp³-hybridized carbons (Fsp3) is 0.562. The maximum atomic E-state index is 12.5. The highest BCUT2D eigenvalue weighted by Crippen LogP contribution is 2.23. The van der Waals surface area contributed by atoms with Crippen molar-refractivity contribution in [1.82, 2.24) is 4.90 Å². The zero-order chi connectivity index (χ0) is 18.1. The molecule has 1 aliphatic rings. The third-order valence-electron chi connectivity index (χ3n) is 4.32. The molecule has 0 spiro atoms. The van der Waals surface area contributed by atoms with Gasteiger partial charge >= 0.3 is 0 Å². The predicted octanol–water partition coefficient (Wildman–Crippen LogP) is 0.105. The molecule has 2 N–H and O–H groups in total. The van der Waals surface area contributed by atoms with Gasteiger partial charge in [-0.2, -0.15) is 0 Å². The molecule has 0 unspecified atom stereocenters. The Morgan fingerprint density at radius 3 is 2.67 bits per heavy atom. The van der Waals surface area contributed by atoms with Gasteiger partial charge in [-0.1, -0.05) is 12.1 Å². The lowest BCUT2D eigenvalue weighted by Crippen LogP contribution is -2.56. The minimum Gasteiger partial charge on any atom is -0.388 e. The summed E-state index contributed by atoms with van der Waals surface area (Å²) in [4.78, 5) is 13.9. The molecule has 0 aromatic heterocycles. The van der Waals surface area contributed by atoms with Crippen LogP contribution in [0.25, 0.3) is 0 Å². The summed E-state index contributed by atoms with van der Waals surface area (Å²) in [6.07, 6.45) is 0.239. The van der Waals surface area contributed by atoms with Crippen LogP contribution in [-0.4, -0.2) is 67.0 Å². The summed E-state index contributed by atoms with van der Waals surface area (Å²) < 4.78 is 25.2. The molecule has 8 heteroatoms. The van der Waals surface area contributed by atoms with Crippen LogP contribution < -0.4 is 4.31 Å². The number of aliphatic hydroxyl groups excluding tert-OH is 1. The quantitative estimate of drug-likeness (QED) is 0.798. The van der Waals surface area contributed by atoms with Crippen LogP contribution in [0.4, 0.5) is 5.69 Å². The van der Waals surface area contributed by atoms with E-state index in [0.717, 1.165) is 16.1 Å². The topological polar surface area (TPSA) is 98.2 Å². The van der Waals surface area contributed by atoms with Crippen molar-refractivity contribution in [1.29, 1.82) is 0 Å². The van der Waals surface area contributed by atoms with E-state index in [2.05, 4.69) is 0 Å². The maximum Gasteiger partial charge on any atom is 0.243 e. The van der Waals surface area contributed by atoms with Gasteiger partial charge in [-0.15, -0.1) is 0 Å². The molecule has 2 rings (SSSR count). The molecule has 0 saturated carbocycles. The van der Waals surface area contributed by atoms with Crippen molar-refractivity contribution in [3.8, 4) is 0 Å². The molecule has 24 heavy (non-hydrogen) atoms. The molecular weight excluding hydrogens is 332 g/mol. The summed E-state index contributed by atoms with van der Waals surface area (Å²) in [6.45, 7) is 3.28. The minimum atomic E-state index is -3.63. The van der Waals surface area contributed by atoms with E-state index in [-0.39, 0.29) is 26.1 Å². The molecule has 1 amide bonds. The first-order valence-corrected chi connectivity index (χ1v) is 9.58. The summed E-state index contributed by atoms with van der Waals surface area (Å²) in [7, 11) is -3.63. The molecule has 0 aliphatic carbocycles. The number of hydrogen-bond donors (Lipinski definition) is 2. The van der Waals surface area contributed by atoms with Crippen LogP contribution >= 0.6 is 0 Å².